The van der Waals surface area contributed by atoms with Crippen molar-refractivity contribution in [2.24, 2.45) is 0 Å². The summed E-state index contributed by atoms with van der Waals surface area (Å²) in [5.74, 6) is 0. The number of rotatable bonds is 8. The van der Waals surface area contributed by atoms with E-state index >= 15 is 0 Å². The molecule has 12 aromatic carbocycles. The normalized spacial score (nSPS) is 13.6. The predicted molar refractivity (Wildman–Crippen MR) is 324 cm³/mol. The Kier molecular flexibility index (Phi) is 10.1. The smallest absolute Gasteiger partial charge is 0.252 e. The van der Waals surface area contributed by atoms with Crippen LogP contribution < -0.4 is 67.7 Å². The fourth-order valence-corrected chi connectivity index (χ4v) is 23.6. The first-order valence-corrected chi connectivity index (χ1v) is 30.2. The van der Waals surface area contributed by atoms with Gasteiger partial charge in [0.1, 0.15) is 0 Å². The highest BCUT2D eigenvalue weighted by molar-refractivity contribution is 7.22. The summed E-state index contributed by atoms with van der Waals surface area (Å²) in [6.07, 6.45) is 0. The van der Waals surface area contributed by atoms with E-state index in [0.717, 1.165) is 11.4 Å². The number of nitrogens with zero attached hydrogens (tertiary/aromatic N) is 2. The minimum absolute atomic E-state index is 0.0950. The minimum atomic E-state index is -3.11. The zero-order valence-corrected chi connectivity index (χ0v) is 43.3. The molecule has 0 spiro atoms. The van der Waals surface area contributed by atoms with Gasteiger partial charge in [0.2, 0.25) is 0 Å². The lowest BCUT2D eigenvalue weighted by atomic mass is 9.33. The van der Waals surface area contributed by atoms with E-state index < -0.39 is 16.1 Å². The molecule has 0 atom stereocenters. The maximum absolute atomic E-state index is 3.11. The number of hydrogen-bond donors (Lipinski definition) is 0. The molecule has 350 valence electrons. The molecule has 15 rings (SSSR count). The lowest BCUT2D eigenvalue weighted by Crippen LogP contribution is -2.75. The third kappa shape index (κ3) is 6.39. The molecule has 0 N–H and O–H groups in total. The van der Waals surface area contributed by atoms with Crippen LogP contribution in [0.3, 0.4) is 0 Å². The van der Waals surface area contributed by atoms with Crippen LogP contribution in [-0.4, -0.2) is 22.9 Å². The predicted octanol–water partition coefficient (Wildman–Crippen LogP) is 9.66. The Labute approximate surface area is 441 Å². The van der Waals surface area contributed by atoms with Gasteiger partial charge >= 0.3 is 0 Å². The van der Waals surface area contributed by atoms with Crippen LogP contribution >= 0.6 is 0 Å². The van der Waals surface area contributed by atoms with E-state index in [1.807, 2.05) is 0 Å². The second kappa shape index (κ2) is 17.3. The summed E-state index contributed by atoms with van der Waals surface area (Å²) in [5, 5.41) is 13.5. The number of hydrogen-bond acceptors (Lipinski definition) is 2. The van der Waals surface area contributed by atoms with Crippen molar-refractivity contribution in [2.45, 2.75) is 0 Å². The van der Waals surface area contributed by atoms with Gasteiger partial charge in [-0.3, -0.25) is 0 Å². The quantitative estimate of drug-likeness (QED) is 0.111. The van der Waals surface area contributed by atoms with Crippen molar-refractivity contribution in [3.05, 3.63) is 297 Å². The Hall–Kier alpha value is -9.00. The highest BCUT2D eigenvalue weighted by atomic mass is 28.3. The van der Waals surface area contributed by atoms with E-state index in [1.165, 1.54) is 103 Å². The molecule has 0 saturated heterocycles. The van der Waals surface area contributed by atoms with Gasteiger partial charge in [-0.05, 0) is 128 Å². The highest BCUT2D eigenvalue weighted by Gasteiger charge is 2.52. The van der Waals surface area contributed by atoms with Crippen LogP contribution in [0.25, 0.3) is 21.9 Å². The molecule has 0 amide bonds. The first-order chi connectivity index (χ1) is 37.2. The second-order valence-corrected chi connectivity index (χ2v) is 27.8. The lowest BCUT2D eigenvalue weighted by molar-refractivity contribution is 1.26. The van der Waals surface area contributed by atoms with Gasteiger partial charge < -0.3 is 9.80 Å². The molecule has 0 unspecified atom stereocenters. The van der Waals surface area contributed by atoms with Crippen molar-refractivity contribution in [1.29, 1.82) is 0 Å². The van der Waals surface area contributed by atoms with Crippen molar-refractivity contribution in [3.8, 4) is 11.1 Å². The lowest BCUT2D eigenvalue weighted by Gasteiger charge is -2.46. The van der Waals surface area contributed by atoms with Gasteiger partial charge in [-0.15, -0.1) is 0 Å². The maximum Gasteiger partial charge on any atom is 0.252 e. The van der Waals surface area contributed by atoms with Crippen molar-refractivity contribution in [3.63, 3.8) is 0 Å². The zero-order chi connectivity index (χ0) is 49.5. The molecule has 0 aromatic heterocycles. The third-order valence-corrected chi connectivity index (χ3v) is 26.2. The fourth-order valence-electron chi connectivity index (χ4n) is 13.6. The molecule has 0 aliphatic carbocycles. The Bertz CT molecular complexity index is 3990. The molecule has 2 nitrogen and oxygen atoms in total. The van der Waals surface area contributed by atoms with Crippen molar-refractivity contribution in [2.75, 3.05) is 9.80 Å². The average molecular weight is 985 g/mol. The summed E-state index contributed by atoms with van der Waals surface area (Å²) < 4.78 is 0. The molecule has 0 radical (unpaired) electrons. The average Bonchev–Trinajstić information content (AvgIpc) is 3.86. The van der Waals surface area contributed by atoms with E-state index in [-0.39, 0.29) is 6.71 Å². The topological polar surface area (TPSA) is 6.48 Å². The summed E-state index contributed by atoms with van der Waals surface area (Å²) >= 11 is 0. The van der Waals surface area contributed by atoms with Crippen molar-refractivity contribution in [1.82, 2.24) is 0 Å². The van der Waals surface area contributed by atoms with Gasteiger partial charge in [0, 0.05) is 34.1 Å². The van der Waals surface area contributed by atoms with E-state index in [0.29, 0.717) is 0 Å². The zero-order valence-electron chi connectivity index (χ0n) is 41.3. The molecule has 3 heterocycles. The van der Waals surface area contributed by atoms with Gasteiger partial charge in [-0.1, -0.05) is 249 Å². The minimum Gasteiger partial charge on any atom is -0.311 e. The second-order valence-electron chi connectivity index (χ2n) is 20.3. The Morgan fingerprint density at radius 3 is 1.20 bits per heavy atom. The third-order valence-electron chi connectivity index (χ3n) is 16.6. The summed E-state index contributed by atoms with van der Waals surface area (Å²) in [4.78, 5) is 5.25. The Morgan fingerprint density at radius 2 is 0.693 bits per heavy atom. The number of anilines is 6. The number of benzene rings is 12. The summed E-state index contributed by atoms with van der Waals surface area (Å²) in [5.41, 5.74) is 13.8. The van der Waals surface area contributed by atoms with Crippen LogP contribution in [0.1, 0.15) is 0 Å². The highest BCUT2D eigenvalue weighted by Crippen LogP contribution is 2.45. The van der Waals surface area contributed by atoms with E-state index in [9.17, 15) is 0 Å². The summed E-state index contributed by atoms with van der Waals surface area (Å²) in [6.45, 7) is -0.0950. The molecular weight excluding hydrogens is 936 g/mol. The molecule has 3 aliphatic heterocycles. The SMILES string of the molecule is c1ccc(N2c3cc4c(cc3B3c5cc6ccccc6cc5N(c5ccccc5)c5cc([Si](c6ccccc6)(c6ccccc6)c6ccccc6)cc2c53)-c2ccccc2[Si]4(c2ccccc2)c2ccccc2)cc1. The molecule has 0 saturated carbocycles. The van der Waals surface area contributed by atoms with Crippen molar-refractivity contribution >= 4 is 126 Å². The first-order valence-electron chi connectivity index (χ1n) is 26.2. The standard InChI is InChI=1S/C70H49BN2Si2/c1-8-28-52(29-9-1)72-64-45-51-27-23-22-26-50(51)44-62(64)71-63-48-61-60-42-24-25-43-68(60)75(57-38-18-6-19-39-57,58-40-20-7-21-41-58)69(61)49-65(63)73(53-30-10-2-11-31-53)67-47-59(46-66(72)70(67)71)74(54-32-12-3-13-33-54,55-34-14-4-15-35-55)56-36-16-5-17-37-56/h1-49H. The van der Waals surface area contributed by atoms with Gasteiger partial charge in [0.25, 0.3) is 6.71 Å². The van der Waals surface area contributed by atoms with Gasteiger partial charge in [0.05, 0.1) is 0 Å². The van der Waals surface area contributed by atoms with Crippen LogP contribution in [0.2, 0.25) is 0 Å². The van der Waals surface area contributed by atoms with Crippen LogP contribution in [0.5, 0.6) is 0 Å². The monoisotopic (exact) mass is 984 g/mol. The molecule has 3 aliphatic rings. The molecular formula is C70H49BN2Si2. The van der Waals surface area contributed by atoms with Crippen LogP contribution in [0.4, 0.5) is 34.1 Å². The number of para-hydroxylation sites is 2. The van der Waals surface area contributed by atoms with Crippen LogP contribution in [0, 0.1) is 0 Å². The Balaban J connectivity index is 1.14. The van der Waals surface area contributed by atoms with Gasteiger partial charge in [-0.25, -0.2) is 0 Å². The summed E-state index contributed by atoms with van der Waals surface area (Å²) in [6, 6.07) is 113. The van der Waals surface area contributed by atoms with Gasteiger partial charge in [-0.2, -0.15) is 0 Å². The van der Waals surface area contributed by atoms with Crippen LogP contribution in [-0.2, 0) is 0 Å². The summed E-state index contributed by atoms with van der Waals surface area (Å²) in [7, 11) is -6.01. The molecule has 5 heteroatoms. The van der Waals surface area contributed by atoms with Crippen LogP contribution in [0.15, 0.2) is 297 Å². The van der Waals surface area contributed by atoms with E-state index in [4.69, 9.17) is 0 Å². The molecule has 0 fully saturated rings. The molecule has 0 bridgehead atoms. The van der Waals surface area contributed by atoms with Gasteiger partial charge in [0.15, 0.2) is 16.1 Å². The first kappa shape index (κ1) is 43.6. The molecule has 75 heavy (non-hydrogen) atoms. The molecule has 12 aromatic rings. The number of fused-ring (bicyclic) bond motifs is 8. The Morgan fingerprint density at radius 1 is 0.293 bits per heavy atom. The fraction of sp³-hybridized carbons (Fsp3) is 0. The maximum atomic E-state index is 2.67. The van der Waals surface area contributed by atoms with E-state index in [2.05, 4.69) is 307 Å². The van der Waals surface area contributed by atoms with E-state index in [1.54, 1.807) is 0 Å². The van der Waals surface area contributed by atoms with Crippen molar-refractivity contribution < 1.29 is 0 Å². The largest absolute Gasteiger partial charge is 0.311 e.